The van der Waals surface area contributed by atoms with Gasteiger partial charge in [0.25, 0.3) is 5.91 Å². The van der Waals surface area contributed by atoms with Crippen molar-refractivity contribution >= 4 is 17.8 Å². The molecule has 0 atom stereocenters. The zero-order chi connectivity index (χ0) is 32.2. The number of rotatable bonds is 18. The van der Waals surface area contributed by atoms with Crippen LogP contribution in [-0.2, 0) is 28.9 Å². The van der Waals surface area contributed by atoms with Gasteiger partial charge in [-0.2, -0.15) is 0 Å². The highest BCUT2D eigenvalue weighted by molar-refractivity contribution is 5.95. The summed E-state index contributed by atoms with van der Waals surface area (Å²) >= 11 is 0. The minimum Gasteiger partial charge on any atom is -0.494 e. The van der Waals surface area contributed by atoms with Gasteiger partial charge < -0.3 is 29.3 Å². The Labute approximate surface area is 264 Å². The number of nitrogens with zero attached hydrogens (tertiary/aromatic N) is 1. The maximum Gasteiger partial charge on any atom is 0.303 e. The molecule has 9 nitrogen and oxygen atoms in total. The van der Waals surface area contributed by atoms with Crippen molar-refractivity contribution in [1.29, 1.82) is 0 Å². The molecule has 0 saturated carbocycles. The van der Waals surface area contributed by atoms with Gasteiger partial charge in [0.2, 0.25) is 0 Å². The molecule has 3 aromatic carbocycles. The van der Waals surface area contributed by atoms with E-state index in [4.69, 9.17) is 19.3 Å². The van der Waals surface area contributed by atoms with Crippen LogP contribution in [0.15, 0.2) is 54.6 Å². The number of benzene rings is 3. The lowest BCUT2D eigenvalue weighted by molar-refractivity contribution is -0.138. The van der Waals surface area contributed by atoms with Crippen LogP contribution in [0.4, 0.5) is 0 Å². The average Bonchev–Trinajstić information content (AvgIpc) is 3.49. The molecule has 0 aliphatic carbocycles. The highest BCUT2D eigenvalue weighted by atomic mass is 16.5. The summed E-state index contributed by atoms with van der Waals surface area (Å²) in [7, 11) is 3.48. The second-order valence-electron chi connectivity index (χ2n) is 11.5. The molecule has 0 saturated heterocycles. The van der Waals surface area contributed by atoms with Gasteiger partial charge in [-0.1, -0.05) is 31.0 Å². The van der Waals surface area contributed by atoms with Gasteiger partial charge in [0.05, 0.1) is 19.8 Å². The Hall–Kier alpha value is -4.53. The summed E-state index contributed by atoms with van der Waals surface area (Å²) in [6.45, 7) is 1.49. The molecule has 1 amide bonds. The van der Waals surface area contributed by atoms with Crippen LogP contribution in [0.5, 0.6) is 17.2 Å². The smallest absolute Gasteiger partial charge is 0.303 e. The molecular weight excluding hydrogens is 574 g/mol. The van der Waals surface area contributed by atoms with Crippen LogP contribution in [0.2, 0.25) is 0 Å². The third kappa shape index (κ3) is 9.99. The fourth-order valence-electron chi connectivity index (χ4n) is 5.46. The van der Waals surface area contributed by atoms with Crippen LogP contribution >= 0.6 is 0 Å². The highest BCUT2D eigenvalue weighted by Gasteiger charge is 2.16. The second-order valence-corrected chi connectivity index (χ2v) is 11.5. The van der Waals surface area contributed by atoms with E-state index in [-0.39, 0.29) is 25.4 Å². The molecule has 0 spiro atoms. The molecule has 2 N–H and O–H groups in total. The summed E-state index contributed by atoms with van der Waals surface area (Å²) in [4.78, 5) is 36.5. The lowest BCUT2D eigenvalue weighted by Crippen LogP contribution is -2.21. The van der Waals surface area contributed by atoms with E-state index in [0.29, 0.717) is 43.1 Å². The number of aryl methyl sites for hydroxylation is 1. The Morgan fingerprint density at radius 2 is 1.58 bits per heavy atom. The number of aliphatic carboxylic acids is 2. The Balaban J connectivity index is 1.31. The molecule has 4 rings (SSSR count). The van der Waals surface area contributed by atoms with Gasteiger partial charge >= 0.3 is 11.9 Å². The van der Waals surface area contributed by atoms with Crippen molar-refractivity contribution in [2.45, 2.75) is 64.2 Å². The van der Waals surface area contributed by atoms with Gasteiger partial charge in [0.15, 0.2) is 0 Å². The normalized spacial score (nSPS) is 11.9. The van der Waals surface area contributed by atoms with Gasteiger partial charge in [-0.3, -0.25) is 14.4 Å². The third-order valence-electron chi connectivity index (χ3n) is 7.80. The number of amides is 1. The number of carbonyl (C=O) groups excluding carboxylic acids is 1. The fourth-order valence-corrected chi connectivity index (χ4v) is 5.46. The average molecular weight is 618 g/mol. The van der Waals surface area contributed by atoms with Crippen molar-refractivity contribution in [2.75, 3.05) is 33.9 Å². The minimum atomic E-state index is -0.868. The summed E-state index contributed by atoms with van der Waals surface area (Å²) in [5.74, 6) is 0.400. The number of fused-ring (bicyclic) bond motifs is 1. The number of carboxylic acid groups (broad SMARTS) is 2. The van der Waals surface area contributed by atoms with E-state index >= 15 is 0 Å². The number of carboxylic acids is 2. The predicted molar refractivity (Wildman–Crippen MR) is 172 cm³/mol. The van der Waals surface area contributed by atoms with Crippen molar-refractivity contribution < 1.29 is 38.8 Å². The maximum atomic E-state index is 12.8. The molecule has 1 heterocycles. The van der Waals surface area contributed by atoms with Crippen molar-refractivity contribution in [3.8, 4) is 28.4 Å². The maximum absolute atomic E-state index is 12.8. The fraction of sp³-hybridized carbons (Fsp3) is 0.417. The van der Waals surface area contributed by atoms with Gasteiger partial charge in [-0.05, 0) is 96.3 Å². The van der Waals surface area contributed by atoms with Crippen LogP contribution in [0.1, 0.15) is 72.0 Å². The number of hydrogen-bond acceptors (Lipinski definition) is 6. The Bertz CT molecular complexity index is 1480. The Kier molecular flexibility index (Phi) is 12.2. The predicted octanol–water partition coefficient (Wildman–Crippen LogP) is 6.43. The van der Waals surface area contributed by atoms with Crippen LogP contribution in [-0.4, -0.2) is 66.9 Å². The lowest BCUT2D eigenvalue weighted by atomic mass is 9.97. The lowest BCUT2D eigenvalue weighted by Gasteiger charge is -2.16. The van der Waals surface area contributed by atoms with E-state index in [9.17, 15) is 19.5 Å². The molecule has 0 bridgehead atoms. The van der Waals surface area contributed by atoms with E-state index in [1.54, 1.807) is 25.1 Å². The Morgan fingerprint density at radius 1 is 0.800 bits per heavy atom. The first-order valence-corrected chi connectivity index (χ1v) is 15.6. The summed E-state index contributed by atoms with van der Waals surface area (Å²) in [6, 6.07) is 17.6. The van der Waals surface area contributed by atoms with Gasteiger partial charge in [-0.15, -0.1) is 0 Å². The second kappa shape index (κ2) is 16.5. The molecule has 240 valence electrons. The zero-order valence-electron chi connectivity index (χ0n) is 26.2. The zero-order valence-corrected chi connectivity index (χ0v) is 26.2. The first-order chi connectivity index (χ1) is 21.7. The van der Waals surface area contributed by atoms with Crippen LogP contribution < -0.4 is 14.2 Å². The van der Waals surface area contributed by atoms with Gasteiger partial charge in [-0.25, -0.2) is 0 Å². The number of carbonyl (C=O) groups is 3. The van der Waals surface area contributed by atoms with Crippen molar-refractivity contribution in [1.82, 2.24) is 4.90 Å². The first kappa shape index (κ1) is 33.4. The molecule has 0 fully saturated rings. The summed E-state index contributed by atoms with van der Waals surface area (Å²) in [5, 5.41) is 18.1. The molecule has 0 aromatic heterocycles. The highest BCUT2D eigenvalue weighted by Crippen LogP contribution is 2.33. The molecule has 0 radical (unpaired) electrons. The van der Waals surface area contributed by atoms with E-state index in [0.717, 1.165) is 66.5 Å². The Morgan fingerprint density at radius 3 is 2.36 bits per heavy atom. The quantitative estimate of drug-likeness (QED) is 0.157. The van der Waals surface area contributed by atoms with Crippen LogP contribution in [0.25, 0.3) is 11.1 Å². The third-order valence-corrected chi connectivity index (χ3v) is 7.80. The van der Waals surface area contributed by atoms with E-state index in [1.165, 1.54) is 5.56 Å². The number of ether oxygens (including phenoxy) is 3. The molecule has 0 unspecified atom stereocenters. The largest absolute Gasteiger partial charge is 0.494 e. The summed E-state index contributed by atoms with van der Waals surface area (Å²) < 4.78 is 17.6. The SMILES string of the molecule is CN(C)C(=O)c1cc(OCCCCCCc2cccc(OCCCC(=O)O)c2CCC(=O)O)cc(-c2ccc3c(c2)CCO3)c1. The molecule has 9 heteroatoms. The minimum absolute atomic E-state index is 0.00375. The summed E-state index contributed by atoms with van der Waals surface area (Å²) in [6.07, 6.45) is 6.19. The van der Waals surface area contributed by atoms with Crippen molar-refractivity contribution in [3.63, 3.8) is 0 Å². The van der Waals surface area contributed by atoms with Crippen LogP contribution in [0.3, 0.4) is 0 Å². The number of unbranched alkanes of at least 4 members (excludes halogenated alkanes) is 3. The van der Waals surface area contributed by atoms with Gasteiger partial charge in [0, 0.05) is 38.9 Å². The molecular formula is C36H43NO8. The van der Waals surface area contributed by atoms with E-state index in [1.807, 2.05) is 42.5 Å². The van der Waals surface area contributed by atoms with Gasteiger partial charge in [0.1, 0.15) is 17.2 Å². The van der Waals surface area contributed by atoms with E-state index in [2.05, 4.69) is 6.07 Å². The molecule has 45 heavy (non-hydrogen) atoms. The molecule has 1 aliphatic heterocycles. The summed E-state index contributed by atoms with van der Waals surface area (Å²) in [5.41, 5.74) is 5.65. The first-order valence-electron chi connectivity index (χ1n) is 15.6. The standard InChI is InChI=1S/C36H43NO8/c1-37(2)36(42)29-22-28(26-13-15-32-27(21-26)17-20-45-32)23-30(24-29)43-18-6-4-3-5-9-25-10-7-11-33(31(25)14-16-35(40)41)44-19-8-12-34(38)39/h7,10-11,13,15,21-24H,3-6,8-9,12,14,16-20H2,1-2H3,(H,38,39)(H,40,41). The molecule has 1 aliphatic rings. The van der Waals surface area contributed by atoms with E-state index < -0.39 is 11.9 Å². The van der Waals surface area contributed by atoms with Crippen LogP contribution in [0, 0.1) is 0 Å². The monoisotopic (exact) mass is 617 g/mol. The van der Waals surface area contributed by atoms with Crippen molar-refractivity contribution in [3.05, 3.63) is 76.9 Å². The van der Waals surface area contributed by atoms with Crippen molar-refractivity contribution in [2.24, 2.45) is 0 Å². The topological polar surface area (TPSA) is 123 Å². The number of hydrogen-bond donors (Lipinski definition) is 2. The molecule has 3 aromatic rings.